The van der Waals surface area contributed by atoms with Gasteiger partial charge in [0.05, 0.1) is 23.9 Å². The lowest BCUT2D eigenvalue weighted by Crippen LogP contribution is -2.40. The van der Waals surface area contributed by atoms with Crippen molar-refractivity contribution in [2.45, 2.75) is 4.90 Å². The average molecular weight is 441 g/mol. The number of nitrogens with zero attached hydrogens (tertiary/aromatic N) is 2. The minimum Gasteiger partial charge on any atom is -0.496 e. The second-order valence-corrected chi connectivity index (χ2v) is 8.17. The molecule has 9 heteroatoms. The molecule has 0 aliphatic rings. The second-order valence-electron chi connectivity index (χ2n) is 6.31. The van der Waals surface area contributed by atoms with E-state index in [9.17, 15) is 17.6 Å². The predicted molar refractivity (Wildman–Crippen MR) is 116 cm³/mol. The monoisotopic (exact) mass is 441 g/mol. The van der Waals surface area contributed by atoms with Crippen LogP contribution >= 0.6 is 0 Å². The molecule has 0 heterocycles. The van der Waals surface area contributed by atoms with Gasteiger partial charge in [0.1, 0.15) is 18.1 Å². The first-order valence-corrected chi connectivity index (χ1v) is 10.6. The summed E-state index contributed by atoms with van der Waals surface area (Å²) in [6.45, 7) is -0.665. The number of hydrogen-bond acceptors (Lipinski definition) is 5. The van der Waals surface area contributed by atoms with Crippen molar-refractivity contribution in [2.75, 3.05) is 18.0 Å². The van der Waals surface area contributed by atoms with Gasteiger partial charge in [-0.05, 0) is 36.4 Å². The van der Waals surface area contributed by atoms with Crippen LogP contribution < -0.4 is 14.5 Å². The number of benzene rings is 3. The SMILES string of the molecule is COc1ccccc1/C=N\NC(=O)CN(c1ccccc1F)S(=O)(=O)c1ccccc1. The molecule has 0 unspecified atom stereocenters. The van der Waals surface area contributed by atoms with Crippen LogP contribution in [0.2, 0.25) is 0 Å². The molecular formula is C22H20FN3O4S. The molecule has 3 aromatic rings. The van der Waals surface area contributed by atoms with Crippen LogP contribution in [-0.4, -0.2) is 34.2 Å². The standard InChI is InChI=1S/C22H20FN3O4S/c1-30-21-14-8-5-9-17(21)15-24-25-22(27)16-26(20-13-7-6-12-19(20)23)31(28,29)18-10-3-2-4-11-18/h2-15H,16H2,1H3,(H,25,27)/b24-15-. The molecule has 0 aliphatic heterocycles. The normalized spacial score (nSPS) is 11.3. The van der Waals surface area contributed by atoms with Crippen molar-refractivity contribution < 1.29 is 22.3 Å². The zero-order valence-electron chi connectivity index (χ0n) is 16.6. The number of ether oxygens (including phenoxy) is 1. The molecule has 0 bridgehead atoms. The first-order chi connectivity index (χ1) is 14.9. The lowest BCUT2D eigenvalue weighted by Gasteiger charge is -2.24. The number of rotatable bonds is 8. The van der Waals surface area contributed by atoms with Gasteiger partial charge in [0.25, 0.3) is 15.9 Å². The molecule has 0 radical (unpaired) electrons. The van der Waals surface area contributed by atoms with Crippen LogP contribution in [-0.2, 0) is 14.8 Å². The van der Waals surface area contributed by atoms with E-state index >= 15 is 0 Å². The molecule has 0 aromatic heterocycles. The Balaban J connectivity index is 1.85. The summed E-state index contributed by atoms with van der Waals surface area (Å²) in [4.78, 5) is 12.4. The highest BCUT2D eigenvalue weighted by molar-refractivity contribution is 7.92. The highest BCUT2D eigenvalue weighted by Crippen LogP contribution is 2.25. The topological polar surface area (TPSA) is 88.1 Å². The number of sulfonamides is 1. The third kappa shape index (κ3) is 5.26. The Morgan fingerprint density at radius 2 is 1.68 bits per heavy atom. The van der Waals surface area contributed by atoms with E-state index in [2.05, 4.69) is 10.5 Å². The van der Waals surface area contributed by atoms with Crippen LogP contribution in [0.5, 0.6) is 5.75 Å². The minimum absolute atomic E-state index is 0.0661. The molecule has 0 atom stereocenters. The zero-order valence-corrected chi connectivity index (χ0v) is 17.4. The maximum atomic E-state index is 14.4. The Kier molecular flexibility index (Phi) is 6.99. The van der Waals surface area contributed by atoms with E-state index in [-0.39, 0.29) is 10.6 Å². The van der Waals surface area contributed by atoms with Crippen molar-refractivity contribution in [3.8, 4) is 5.75 Å². The molecule has 0 spiro atoms. The molecule has 0 fully saturated rings. The Labute approximate surface area is 179 Å². The number of hydrazone groups is 1. The summed E-state index contributed by atoms with van der Waals surface area (Å²) in [5.74, 6) is -0.957. The van der Waals surface area contributed by atoms with Gasteiger partial charge in [0.15, 0.2) is 0 Å². The Bertz CT molecular complexity index is 1180. The molecule has 3 rings (SSSR count). The number of anilines is 1. The summed E-state index contributed by atoms with van der Waals surface area (Å²) in [7, 11) is -2.69. The number of hydrogen-bond donors (Lipinski definition) is 1. The number of para-hydroxylation sites is 2. The van der Waals surface area contributed by atoms with Crippen molar-refractivity contribution >= 4 is 27.8 Å². The molecule has 160 valence electrons. The number of methoxy groups -OCH3 is 1. The first kappa shape index (κ1) is 22.0. The van der Waals surface area contributed by atoms with E-state index in [0.29, 0.717) is 15.6 Å². The van der Waals surface area contributed by atoms with Crippen LogP contribution in [0.1, 0.15) is 5.56 Å². The van der Waals surface area contributed by atoms with Gasteiger partial charge >= 0.3 is 0 Å². The fourth-order valence-electron chi connectivity index (χ4n) is 2.79. The highest BCUT2D eigenvalue weighted by Gasteiger charge is 2.28. The van der Waals surface area contributed by atoms with Crippen molar-refractivity contribution in [2.24, 2.45) is 5.10 Å². The van der Waals surface area contributed by atoms with Gasteiger partial charge in [-0.1, -0.05) is 42.5 Å². The molecule has 7 nitrogen and oxygen atoms in total. The summed E-state index contributed by atoms with van der Waals surface area (Å²) in [5.41, 5.74) is 2.65. The van der Waals surface area contributed by atoms with Crippen LogP contribution in [0.15, 0.2) is 88.9 Å². The summed E-state index contributed by atoms with van der Waals surface area (Å²) in [6, 6.07) is 19.9. The molecule has 0 saturated heterocycles. The Hall–Kier alpha value is -3.72. The van der Waals surface area contributed by atoms with Crippen LogP contribution in [0.25, 0.3) is 0 Å². The number of halogens is 1. The number of nitrogens with one attached hydrogen (secondary N) is 1. The number of carbonyl (C=O) groups is 1. The Morgan fingerprint density at radius 3 is 2.39 bits per heavy atom. The van der Waals surface area contributed by atoms with Crippen LogP contribution in [0, 0.1) is 5.82 Å². The quantitative estimate of drug-likeness (QED) is 0.430. The van der Waals surface area contributed by atoms with Gasteiger partial charge in [-0.15, -0.1) is 0 Å². The summed E-state index contributed by atoms with van der Waals surface area (Å²) < 4.78 is 46.6. The molecule has 0 saturated carbocycles. The van der Waals surface area contributed by atoms with E-state index in [1.54, 1.807) is 42.5 Å². The van der Waals surface area contributed by atoms with Gasteiger partial charge < -0.3 is 4.74 Å². The van der Waals surface area contributed by atoms with Crippen LogP contribution in [0.3, 0.4) is 0 Å². The number of carbonyl (C=O) groups excluding carboxylic acids is 1. The summed E-state index contributed by atoms with van der Waals surface area (Å²) in [6.07, 6.45) is 1.37. The zero-order chi connectivity index (χ0) is 22.3. The van der Waals surface area contributed by atoms with E-state index < -0.39 is 28.3 Å². The van der Waals surface area contributed by atoms with Crippen LogP contribution in [0.4, 0.5) is 10.1 Å². The number of amides is 1. The fourth-order valence-corrected chi connectivity index (χ4v) is 4.24. The third-order valence-corrected chi connectivity index (χ3v) is 6.05. The predicted octanol–water partition coefficient (Wildman–Crippen LogP) is 3.18. The Morgan fingerprint density at radius 1 is 1.03 bits per heavy atom. The van der Waals surface area contributed by atoms with Gasteiger partial charge in [0, 0.05) is 5.56 Å². The molecule has 31 heavy (non-hydrogen) atoms. The highest BCUT2D eigenvalue weighted by atomic mass is 32.2. The minimum atomic E-state index is -4.20. The average Bonchev–Trinajstić information content (AvgIpc) is 2.79. The third-order valence-electron chi connectivity index (χ3n) is 4.27. The lowest BCUT2D eigenvalue weighted by molar-refractivity contribution is -0.119. The molecule has 3 aromatic carbocycles. The van der Waals surface area contributed by atoms with Gasteiger partial charge in [-0.25, -0.2) is 18.2 Å². The summed E-state index contributed by atoms with van der Waals surface area (Å²) in [5, 5.41) is 3.85. The van der Waals surface area contributed by atoms with E-state index in [1.807, 2.05) is 0 Å². The van der Waals surface area contributed by atoms with Crippen molar-refractivity contribution in [1.82, 2.24) is 5.43 Å². The lowest BCUT2D eigenvalue weighted by atomic mass is 10.2. The maximum absolute atomic E-state index is 14.4. The van der Waals surface area contributed by atoms with Gasteiger partial charge in [-0.3, -0.25) is 9.10 Å². The van der Waals surface area contributed by atoms with E-state index in [4.69, 9.17) is 4.74 Å². The van der Waals surface area contributed by atoms with E-state index in [0.717, 1.165) is 6.07 Å². The first-order valence-electron chi connectivity index (χ1n) is 9.20. The molecular weight excluding hydrogens is 421 g/mol. The van der Waals surface area contributed by atoms with Gasteiger partial charge in [-0.2, -0.15) is 5.10 Å². The maximum Gasteiger partial charge on any atom is 0.264 e. The fraction of sp³-hybridized carbons (Fsp3) is 0.0909. The molecule has 1 amide bonds. The smallest absolute Gasteiger partial charge is 0.264 e. The van der Waals surface area contributed by atoms with E-state index in [1.165, 1.54) is 43.7 Å². The van der Waals surface area contributed by atoms with Gasteiger partial charge in [0.2, 0.25) is 0 Å². The summed E-state index contributed by atoms with van der Waals surface area (Å²) >= 11 is 0. The molecule has 0 aliphatic carbocycles. The van der Waals surface area contributed by atoms with Crippen molar-refractivity contribution in [1.29, 1.82) is 0 Å². The second kappa shape index (κ2) is 9.86. The van der Waals surface area contributed by atoms with Crippen molar-refractivity contribution in [3.63, 3.8) is 0 Å². The molecule has 1 N–H and O–H groups in total. The van der Waals surface area contributed by atoms with Crippen molar-refractivity contribution in [3.05, 3.63) is 90.2 Å². The largest absolute Gasteiger partial charge is 0.496 e.